The molecule has 0 N–H and O–H groups in total. The molecule has 4 saturated carbocycles. The van der Waals surface area contributed by atoms with Crippen molar-refractivity contribution in [1.82, 2.24) is 4.98 Å². The minimum Gasteiger partial charge on any atom is -0.291 e. The Balaban J connectivity index is 1.62. The molecule has 4 fully saturated rings. The standard InChI is InChI=1S/C16H22N2OS/c1-10-9-20-15(17-10)18(2)14(19)16-6-11-3-12(7-16)5-13(4-11)8-16/h9,11-13H,3-8H2,1-2H3. The molecule has 0 unspecified atom stereocenters. The van der Waals surface area contributed by atoms with Crippen molar-refractivity contribution in [2.24, 2.45) is 23.2 Å². The summed E-state index contributed by atoms with van der Waals surface area (Å²) < 4.78 is 0. The van der Waals surface area contributed by atoms with Gasteiger partial charge >= 0.3 is 0 Å². The van der Waals surface area contributed by atoms with Crippen molar-refractivity contribution in [1.29, 1.82) is 0 Å². The number of hydrogen-bond acceptors (Lipinski definition) is 3. The third-order valence-electron chi connectivity index (χ3n) is 5.69. The number of carbonyl (C=O) groups excluding carboxylic acids is 1. The molecule has 0 aliphatic heterocycles. The predicted molar refractivity (Wildman–Crippen MR) is 80.9 cm³/mol. The van der Waals surface area contributed by atoms with Crippen molar-refractivity contribution in [2.75, 3.05) is 11.9 Å². The van der Waals surface area contributed by atoms with Gasteiger partial charge in [0.2, 0.25) is 5.91 Å². The molecule has 108 valence electrons. The van der Waals surface area contributed by atoms with Crippen LogP contribution in [-0.2, 0) is 4.79 Å². The van der Waals surface area contributed by atoms with Gasteiger partial charge in [0.25, 0.3) is 0 Å². The molecular formula is C16H22N2OS. The van der Waals surface area contributed by atoms with Gasteiger partial charge in [-0.3, -0.25) is 9.69 Å². The lowest BCUT2D eigenvalue weighted by Gasteiger charge is -2.56. The Morgan fingerprint density at radius 1 is 1.25 bits per heavy atom. The number of thiazole rings is 1. The first kappa shape index (κ1) is 12.8. The van der Waals surface area contributed by atoms with Crippen LogP contribution in [-0.4, -0.2) is 17.9 Å². The maximum atomic E-state index is 13.1. The molecule has 1 aromatic heterocycles. The van der Waals surface area contributed by atoms with Crippen LogP contribution in [0.15, 0.2) is 5.38 Å². The molecule has 4 bridgehead atoms. The molecule has 0 saturated heterocycles. The number of aromatic nitrogens is 1. The first-order valence-electron chi connectivity index (χ1n) is 7.76. The lowest BCUT2D eigenvalue weighted by molar-refractivity contribution is -0.143. The fraction of sp³-hybridized carbons (Fsp3) is 0.750. The molecule has 0 aromatic carbocycles. The van der Waals surface area contributed by atoms with Crippen molar-refractivity contribution in [3.63, 3.8) is 0 Å². The van der Waals surface area contributed by atoms with Crippen LogP contribution in [0.5, 0.6) is 0 Å². The number of amides is 1. The van der Waals surface area contributed by atoms with Gasteiger partial charge in [-0.2, -0.15) is 0 Å². The third-order valence-corrected chi connectivity index (χ3v) is 6.73. The summed E-state index contributed by atoms with van der Waals surface area (Å²) >= 11 is 1.58. The largest absolute Gasteiger partial charge is 0.291 e. The van der Waals surface area contributed by atoms with E-state index in [2.05, 4.69) is 4.98 Å². The first-order valence-corrected chi connectivity index (χ1v) is 8.64. The van der Waals surface area contributed by atoms with Gasteiger partial charge in [-0.25, -0.2) is 4.98 Å². The Morgan fingerprint density at radius 3 is 2.25 bits per heavy atom. The van der Waals surface area contributed by atoms with Gasteiger partial charge < -0.3 is 0 Å². The topological polar surface area (TPSA) is 33.2 Å². The molecule has 1 amide bonds. The number of rotatable bonds is 2. The van der Waals surface area contributed by atoms with Gasteiger partial charge in [-0.05, 0) is 63.2 Å². The van der Waals surface area contributed by atoms with Crippen LogP contribution in [0.4, 0.5) is 5.13 Å². The molecule has 4 aliphatic carbocycles. The monoisotopic (exact) mass is 290 g/mol. The lowest BCUT2D eigenvalue weighted by atomic mass is 9.49. The van der Waals surface area contributed by atoms with Crippen LogP contribution in [0.3, 0.4) is 0 Å². The SMILES string of the molecule is Cc1csc(N(C)C(=O)C23CC4CC(CC(C4)C2)C3)n1. The van der Waals surface area contributed by atoms with Gasteiger partial charge in [0.1, 0.15) is 0 Å². The minimum absolute atomic E-state index is 0.0525. The van der Waals surface area contributed by atoms with E-state index in [0.717, 1.165) is 47.8 Å². The maximum Gasteiger partial charge on any atom is 0.234 e. The van der Waals surface area contributed by atoms with Crippen molar-refractivity contribution in [3.8, 4) is 0 Å². The van der Waals surface area contributed by atoms with Crippen LogP contribution in [0.2, 0.25) is 0 Å². The lowest BCUT2D eigenvalue weighted by Crippen LogP contribution is -2.54. The average molecular weight is 290 g/mol. The van der Waals surface area contributed by atoms with Gasteiger partial charge in [0, 0.05) is 12.4 Å². The van der Waals surface area contributed by atoms with Gasteiger partial charge in [-0.1, -0.05) is 0 Å². The fourth-order valence-corrected chi connectivity index (χ4v) is 6.08. The zero-order valence-corrected chi connectivity index (χ0v) is 13.1. The van der Waals surface area contributed by atoms with Gasteiger partial charge in [0.15, 0.2) is 5.13 Å². The zero-order valence-electron chi connectivity index (χ0n) is 12.3. The Morgan fingerprint density at radius 2 is 1.80 bits per heavy atom. The summed E-state index contributed by atoms with van der Waals surface area (Å²) in [5.41, 5.74) is 0.957. The van der Waals surface area contributed by atoms with Crippen LogP contribution < -0.4 is 4.90 Å². The zero-order chi connectivity index (χ0) is 13.9. The molecule has 0 atom stereocenters. The van der Waals surface area contributed by atoms with Crippen molar-refractivity contribution in [2.45, 2.75) is 45.4 Å². The highest BCUT2D eigenvalue weighted by Crippen LogP contribution is 2.60. The molecular weight excluding hydrogens is 268 g/mol. The van der Waals surface area contributed by atoms with E-state index in [4.69, 9.17) is 0 Å². The van der Waals surface area contributed by atoms with E-state index in [0.29, 0.717) is 5.91 Å². The summed E-state index contributed by atoms with van der Waals surface area (Å²) in [5.74, 6) is 2.79. The van der Waals surface area contributed by atoms with E-state index in [-0.39, 0.29) is 5.41 Å². The number of nitrogens with zero attached hydrogens (tertiary/aromatic N) is 2. The predicted octanol–water partition coefficient (Wildman–Crippen LogP) is 3.63. The van der Waals surface area contributed by atoms with Gasteiger partial charge in [0.05, 0.1) is 11.1 Å². The number of anilines is 1. The Kier molecular flexibility index (Phi) is 2.75. The Bertz CT molecular complexity index is 515. The smallest absolute Gasteiger partial charge is 0.234 e. The molecule has 3 nitrogen and oxygen atoms in total. The number of carbonyl (C=O) groups is 1. The van der Waals surface area contributed by atoms with E-state index >= 15 is 0 Å². The maximum absolute atomic E-state index is 13.1. The Labute approximate surface area is 124 Å². The van der Waals surface area contributed by atoms with Crippen molar-refractivity contribution >= 4 is 22.4 Å². The molecule has 4 aliphatic rings. The summed E-state index contributed by atoms with van der Waals surface area (Å²) in [5, 5.41) is 2.89. The summed E-state index contributed by atoms with van der Waals surface area (Å²) in [6.07, 6.45) is 7.54. The minimum atomic E-state index is -0.0525. The van der Waals surface area contributed by atoms with Crippen LogP contribution in [0, 0.1) is 30.1 Å². The van der Waals surface area contributed by atoms with Gasteiger partial charge in [-0.15, -0.1) is 11.3 Å². The summed E-state index contributed by atoms with van der Waals surface area (Å²) in [4.78, 5) is 19.4. The van der Waals surface area contributed by atoms with Crippen LogP contribution in [0.1, 0.15) is 44.2 Å². The second kappa shape index (κ2) is 4.30. The number of aryl methyl sites for hydroxylation is 1. The first-order chi connectivity index (χ1) is 9.56. The average Bonchev–Trinajstić information content (AvgIpc) is 2.82. The second-order valence-corrected chi connectivity index (χ2v) is 8.17. The molecule has 4 heteroatoms. The summed E-state index contributed by atoms with van der Waals surface area (Å²) in [6.45, 7) is 1.99. The fourth-order valence-electron chi connectivity index (χ4n) is 5.31. The Hall–Kier alpha value is -0.900. The molecule has 1 heterocycles. The van der Waals surface area contributed by atoms with E-state index < -0.39 is 0 Å². The number of hydrogen-bond donors (Lipinski definition) is 0. The van der Waals surface area contributed by atoms with Crippen LogP contribution >= 0.6 is 11.3 Å². The van der Waals surface area contributed by atoms with Crippen molar-refractivity contribution < 1.29 is 4.79 Å². The quantitative estimate of drug-likeness (QED) is 0.833. The summed E-state index contributed by atoms with van der Waals surface area (Å²) in [6, 6.07) is 0. The highest BCUT2D eigenvalue weighted by molar-refractivity contribution is 7.14. The van der Waals surface area contributed by atoms with E-state index in [1.807, 2.05) is 24.3 Å². The molecule has 0 spiro atoms. The van der Waals surface area contributed by atoms with Crippen molar-refractivity contribution in [3.05, 3.63) is 11.1 Å². The van der Waals surface area contributed by atoms with Crippen LogP contribution in [0.25, 0.3) is 0 Å². The molecule has 0 radical (unpaired) electrons. The highest BCUT2D eigenvalue weighted by Gasteiger charge is 2.55. The summed E-state index contributed by atoms with van der Waals surface area (Å²) in [7, 11) is 1.92. The normalized spacial score (nSPS) is 38.2. The molecule has 20 heavy (non-hydrogen) atoms. The molecule has 1 aromatic rings. The van der Waals surface area contributed by atoms with E-state index in [9.17, 15) is 4.79 Å². The van der Waals surface area contributed by atoms with E-state index in [1.165, 1.54) is 19.3 Å². The highest BCUT2D eigenvalue weighted by atomic mass is 32.1. The second-order valence-electron chi connectivity index (χ2n) is 7.33. The molecule has 5 rings (SSSR count). The van der Waals surface area contributed by atoms with E-state index in [1.54, 1.807) is 11.3 Å². The third kappa shape index (κ3) is 1.84.